The van der Waals surface area contributed by atoms with Crippen molar-refractivity contribution in [1.82, 2.24) is 19.9 Å². The first kappa shape index (κ1) is 16.7. The number of rotatable bonds is 3. The zero-order valence-electron chi connectivity index (χ0n) is 15.4. The molecule has 1 saturated heterocycles. The van der Waals surface area contributed by atoms with Gasteiger partial charge in [0.15, 0.2) is 0 Å². The van der Waals surface area contributed by atoms with Crippen LogP contribution in [0.1, 0.15) is 54.1 Å². The average Bonchev–Trinajstić information content (AvgIpc) is 3.37. The summed E-state index contributed by atoms with van der Waals surface area (Å²) in [4.78, 5) is 14.9. The fourth-order valence-corrected chi connectivity index (χ4v) is 4.47. The van der Waals surface area contributed by atoms with Gasteiger partial charge in [0, 0.05) is 5.92 Å². The van der Waals surface area contributed by atoms with Crippen LogP contribution in [0.4, 0.5) is 0 Å². The molecule has 2 aliphatic heterocycles. The molecule has 6 heteroatoms. The van der Waals surface area contributed by atoms with E-state index in [9.17, 15) is 4.79 Å². The maximum atomic E-state index is 13.1. The quantitative estimate of drug-likeness (QED) is 0.785. The lowest BCUT2D eigenvalue weighted by atomic mass is 9.87. The van der Waals surface area contributed by atoms with Crippen LogP contribution < -0.4 is 0 Å². The molecule has 0 bridgehead atoms. The van der Waals surface area contributed by atoms with Gasteiger partial charge in [-0.15, -0.1) is 5.10 Å². The van der Waals surface area contributed by atoms with Crippen molar-refractivity contribution in [3.63, 3.8) is 0 Å². The molecule has 1 aliphatic carbocycles. The van der Waals surface area contributed by atoms with Gasteiger partial charge < -0.3 is 9.64 Å². The summed E-state index contributed by atoms with van der Waals surface area (Å²) < 4.78 is 7.51. The van der Waals surface area contributed by atoms with Crippen molar-refractivity contribution >= 4 is 5.91 Å². The molecule has 1 saturated carbocycles. The van der Waals surface area contributed by atoms with E-state index < -0.39 is 0 Å². The number of nitrogens with zero attached hydrogens (tertiary/aromatic N) is 4. The Bertz CT molecular complexity index is 876. The molecule has 1 aromatic heterocycles. The highest BCUT2D eigenvalue weighted by Crippen LogP contribution is 2.33. The van der Waals surface area contributed by atoms with E-state index in [2.05, 4.69) is 16.4 Å². The highest BCUT2D eigenvalue weighted by molar-refractivity contribution is 5.98. The third-order valence-corrected chi connectivity index (χ3v) is 6.01. The van der Waals surface area contributed by atoms with Gasteiger partial charge in [-0.1, -0.05) is 48.8 Å². The Balaban J connectivity index is 1.37. The van der Waals surface area contributed by atoms with Crippen molar-refractivity contribution in [3.05, 3.63) is 53.9 Å². The van der Waals surface area contributed by atoms with Crippen LogP contribution in [0.5, 0.6) is 0 Å². The number of carbonyl (C=O) groups excluding carboxylic acids is 1. The second kappa shape index (κ2) is 6.60. The summed E-state index contributed by atoms with van der Waals surface area (Å²) >= 11 is 0. The van der Waals surface area contributed by atoms with E-state index in [0.717, 1.165) is 11.4 Å². The highest BCUT2D eigenvalue weighted by atomic mass is 16.5. The maximum Gasteiger partial charge on any atom is 0.256 e. The van der Waals surface area contributed by atoms with Gasteiger partial charge in [-0.2, -0.15) is 0 Å². The molecule has 1 spiro atoms. The number of amides is 1. The number of para-hydroxylation sites is 1. The molecule has 6 nitrogen and oxygen atoms in total. The van der Waals surface area contributed by atoms with Gasteiger partial charge in [-0.25, -0.2) is 4.68 Å². The lowest BCUT2D eigenvalue weighted by molar-refractivity contribution is -0.0754. The Morgan fingerprint density at radius 1 is 1.15 bits per heavy atom. The summed E-state index contributed by atoms with van der Waals surface area (Å²) in [7, 11) is 0. The van der Waals surface area contributed by atoms with E-state index >= 15 is 0 Å². The Morgan fingerprint density at radius 3 is 2.74 bits per heavy atom. The van der Waals surface area contributed by atoms with Gasteiger partial charge >= 0.3 is 0 Å². The number of benzene rings is 1. The molecule has 140 valence electrons. The molecule has 5 rings (SSSR count). The van der Waals surface area contributed by atoms with Crippen LogP contribution in [0.2, 0.25) is 0 Å². The van der Waals surface area contributed by atoms with Crippen LogP contribution in [0.25, 0.3) is 5.69 Å². The molecular formula is C21H24N4O2. The van der Waals surface area contributed by atoms with E-state index in [1.54, 1.807) is 4.68 Å². The summed E-state index contributed by atoms with van der Waals surface area (Å²) in [5.41, 5.74) is 2.24. The third kappa shape index (κ3) is 2.98. The minimum Gasteiger partial charge on any atom is -0.363 e. The molecule has 2 aromatic rings. The van der Waals surface area contributed by atoms with Gasteiger partial charge in [0.1, 0.15) is 5.60 Å². The minimum atomic E-state index is -0.258. The first-order valence-corrected chi connectivity index (χ1v) is 9.87. The zero-order chi connectivity index (χ0) is 18.3. The fourth-order valence-electron chi connectivity index (χ4n) is 4.47. The van der Waals surface area contributed by atoms with Crippen molar-refractivity contribution in [2.75, 3.05) is 19.7 Å². The van der Waals surface area contributed by atoms with Crippen LogP contribution in [0, 0.1) is 0 Å². The molecule has 1 amide bonds. The normalized spacial score (nSPS) is 21.6. The van der Waals surface area contributed by atoms with E-state index in [1.165, 1.54) is 32.1 Å². The summed E-state index contributed by atoms with van der Waals surface area (Å²) in [6.07, 6.45) is 12.3. The summed E-state index contributed by atoms with van der Waals surface area (Å²) in [5.74, 6) is 0.520. The number of hydrogen-bond donors (Lipinski definition) is 0. The van der Waals surface area contributed by atoms with E-state index in [4.69, 9.17) is 4.74 Å². The van der Waals surface area contributed by atoms with Gasteiger partial charge in [0.25, 0.3) is 5.91 Å². The standard InChI is InChI=1S/C21H24N4O2/c26-20(24-14-21(15-24)11-6-12-27-21)17-9-4-5-10-19(17)25-13-18(22-23-25)16-7-2-1-3-8-16/h4-6,9-11,13,16H,1-3,7-8,12,14-15H2. The molecule has 3 heterocycles. The molecule has 0 radical (unpaired) electrons. The Hall–Kier alpha value is -2.47. The predicted molar refractivity (Wildman–Crippen MR) is 101 cm³/mol. The lowest BCUT2D eigenvalue weighted by Gasteiger charge is -2.46. The number of hydrogen-bond acceptors (Lipinski definition) is 4. The van der Waals surface area contributed by atoms with Crippen LogP contribution in [-0.4, -0.2) is 51.1 Å². The van der Waals surface area contributed by atoms with E-state index in [1.807, 2.05) is 41.4 Å². The highest BCUT2D eigenvalue weighted by Gasteiger charge is 2.46. The fraction of sp³-hybridized carbons (Fsp3) is 0.476. The molecule has 0 atom stereocenters. The lowest BCUT2D eigenvalue weighted by Crippen LogP contribution is -2.62. The molecule has 0 N–H and O–H groups in total. The van der Waals surface area contributed by atoms with Crippen molar-refractivity contribution in [2.45, 2.75) is 43.6 Å². The number of ether oxygens (including phenoxy) is 1. The van der Waals surface area contributed by atoms with Gasteiger partial charge in [0.05, 0.1) is 42.8 Å². The Labute approximate surface area is 158 Å². The maximum absolute atomic E-state index is 13.1. The number of carbonyl (C=O) groups is 1. The number of aromatic nitrogens is 3. The predicted octanol–water partition coefficient (Wildman–Crippen LogP) is 3.10. The van der Waals surface area contributed by atoms with Crippen molar-refractivity contribution in [1.29, 1.82) is 0 Å². The van der Waals surface area contributed by atoms with Crippen LogP contribution in [0.15, 0.2) is 42.6 Å². The zero-order valence-corrected chi connectivity index (χ0v) is 15.4. The van der Waals surface area contributed by atoms with Gasteiger partial charge in [-0.05, 0) is 25.0 Å². The molecule has 1 aromatic carbocycles. The molecular weight excluding hydrogens is 340 g/mol. The monoisotopic (exact) mass is 364 g/mol. The SMILES string of the molecule is O=C(c1ccccc1-n1cc(C2CCCCC2)nn1)N1CC2(C=CCO2)C1. The van der Waals surface area contributed by atoms with E-state index in [-0.39, 0.29) is 11.5 Å². The minimum absolute atomic E-state index is 0.0230. The molecule has 2 fully saturated rings. The Morgan fingerprint density at radius 2 is 1.96 bits per heavy atom. The Kier molecular flexibility index (Phi) is 4.08. The third-order valence-electron chi connectivity index (χ3n) is 6.01. The number of likely N-dealkylation sites (tertiary alicyclic amines) is 1. The van der Waals surface area contributed by atoms with Gasteiger partial charge in [0.2, 0.25) is 0 Å². The smallest absolute Gasteiger partial charge is 0.256 e. The molecule has 3 aliphatic rings. The van der Waals surface area contributed by atoms with Crippen LogP contribution >= 0.6 is 0 Å². The van der Waals surface area contributed by atoms with Gasteiger partial charge in [-0.3, -0.25) is 4.79 Å². The summed E-state index contributed by atoms with van der Waals surface area (Å²) in [6, 6.07) is 7.65. The van der Waals surface area contributed by atoms with Crippen LogP contribution in [0.3, 0.4) is 0 Å². The molecule has 27 heavy (non-hydrogen) atoms. The largest absolute Gasteiger partial charge is 0.363 e. The van der Waals surface area contributed by atoms with E-state index in [0.29, 0.717) is 31.2 Å². The second-order valence-electron chi connectivity index (χ2n) is 7.88. The first-order chi connectivity index (χ1) is 13.2. The molecule has 0 unspecified atom stereocenters. The van der Waals surface area contributed by atoms with Crippen molar-refractivity contribution in [2.24, 2.45) is 0 Å². The van der Waals surface area contributed by atoms with Crippen molar-refractivity contribution < 1.29 is 9.53 Å². The van der Waals surface area contributed by atoms with Crippen molar-refractivity contribution in [3.8, 4) is 5.69 Å². The first-order valence-electron chi connectivity index (χ1n) is 9.87. The summed E-state index contributed by atoms with van der Waals surface area (Å²) in [6.45, 7) is 1.87. The van der Waals surface area contributed by atoms with Crippen LogP contribution in [-0.2, 0) is 4.74 Å². The average molecular weight is 364 g/mol. The topological polar surface area (TPSA) is 60.2 Å². The second-order valence-corrected chi connectivity index (χ2v) is 7.88. The summed E-state index contributed by atoms with van der Waals surface area (Å²) in [5, 5.41) is 8.75.